The first-order valence-electron chi connectivity index (χ1n) is 5.67. The number of aromatic amines is 1. The lowest BCUT2D eigenvalue weighted by atomic mass is 9.74. The van der Waals surface area contributed by atoms with Crippen molar-refractivity contribution < 1.29 is 9.59 Å². The van der Waals surface area contributed by atoms with Crippen LogP contribution in [0.4, 0.5) is 11.6 Å². The Hall–Kier alpha value is -2.11. The number of allylic oxidation sites excluding steroid dienone is 1. The van der Waals surface area contributed by atoms with E-state index in [1.165, 1.54) is 6.08 Å². The van der Waals surface area contributed by atoms with Crippen LogP contribution in [0.15, 0.2) is 5.57 Å². The molecule has 2 rings (SSSR count). The second kappa shape index (κ2) is 3.97. The summed E-state index contributed by atoms with van der Waals surface area (Å²) in [7, 11) is 0. The molecule has 0 aliphatic heterocycles. The standard InChI is InChI=1S/C12H16N4O2/c1-12(2)4-8(17)6(9(18)5-12)3-7-10(13)15-16-11(7)14/h3H,4-5H2,1-2H3,(H5,13,14,15,16). The summed E-state index contributed by atoms with van der Waals surface area (Å²) in [6.45, 7) is 3.81. The molecular weight excluding hydrogens is 232 g/mol. The predicted octanol–water partition coefficient (Wildman–Crippen LogP) is 0.916. The number of nitrogens with zero attached hydrogens (tertiary/aromatic N) is 1. The molecule has 0 saturated heterocycles. The molecule has 0 spiro atoms. The average Bonchev–Trinajstić information content (AvgIpc) is 2.52. The third kappa shape index (κ3) is 2.13. The van der Waals surface area contributed by atoms with Crippen molar-refractivity contribution >= 4 is 29.3 Å². The van der Waals surface area contributed by atoms with Gasteiger partial charge in [0.15, 0.2) is 17.4 Å². The Morgan fingerprint density at radius 1 is 1.22 bits per heavy atom. The van der Waals surface area contributed by atoms with E-state index < -0.39 is 0 Å². The van der Waals surface area contributed by atoms with Crippen molar-refractivity contribution in [2.75, 3.05) is 11.5 Å². The molecule has 1 aromatic heterocycles. The fourth-order valence-electron chi connectivity index (χ4n) is 2.11. The van der Waals surface area contributed by atoms with Gasteiger partial charge in [-0.15, -0.1) is 0 Å². The summed E-state index contributed by atoms with van der Waals surface area (Å²) in [5.41, 5.74) is 11.5. The molecule has 1 aliphatic carbocycles. The van der Waals surface area contributed by atoms with E-state index in [0.29, 0.717) is 18.4 Å². The van der Waals surface area contributed by atoms with Gasteiger partial charge in [-0.05, 0) is 11.5 Å². The molecule has 0 bridgehead atoms. The average molecular weight is 248 g/mol. The van der Waals surface area contributed by atoms with Gasteiger partial charge in [-0.2, -0.15) is 5.10 Å². The van der Waals surface area contributed by atoms with E-state index >= 15 is 0 Å². The van der Waals surface area contributed by atoms with E-state index in [1.54, 1.807) is 0 Å². The van der Waals surface area contributed by atoms with Crippen LogP contribution in [0.5, 0.6) is 0 Å². The summed E-state index contributed by atoms with van der Waals surface area (Å²) in [6.07, 6.45) is 2.14. The Morgan fingerprint density at radius 3 is 2.22 bits per heavy atom. The number of aromatic nitrogens is 2. The first-order chi connectivity index (χ1) is 8.30. The monoisotopic (exact) mass is 248 g/mol. The minimum Gasteiger partial charge on any atom is -0.384 e. The maximum absolute atomic E-state index is 12.0. The molecule has 1 saturated carbocycles. The Bertz CT molecular complexity index is 513. The third-order valence-corrected chi connectivity index (χ3v) is 3.03. The molecule has 1 fully saturated rings. The first-order valence-corrected chi connectivity index (χ1v) is 5.67. The Morgan fingerprint density at radius 2 is 1.78 bits per heavy atom. The molecule has 0 atom stereocenters. The zero-order valence-electron chi connectivity index (χ0n) is 10.4. The van der Waals surface area contributed by atoms with Gasteiger partial charge in [0.25, 0.3) is 0 Å². The fraction of sp³-hybridized carbons (Fsp3) is 0.417. The van der Waals surface area contributed by atoms with Gasteiger partial charge in [-0.25, -0.2) is 0 Å². The second-order valence-corrected chi connectivity index (χ2v) is 5.36. The lowest BCUT2D eigenvalue weighted by molar-refractivity contribution is -0.127. The third-order valence-electron chi connectivity index (χ3n) is 3.03. The molecule has 1 heterocycles. The number of nitrogens with one attached hydrogen (secondary N) is 1. The van der Waals surface area contributed by atoms with Gasteiger partial charge in [-0.3, -0.25) is 14.7 Å². The Kier molecular flexibility index (Phi) is 2.73. The number of anilines is 2. The SMILES string of the molecule is CC1(C)CC(=O)C(=Cc2c(N)n[nH]c2N)C(=O)C1. The lowest BCUT2D eigenvalue weighted by Crippen LogP contribution is -2.31. The van der Waals surface area contributed by atoms with E-state index in [0.717, 1.165) is 0 Å². The van der Waals surface area contributed by atoms with Crippen LogP contribution in [0.3, 0.4) is 0 Å². The van der Waals surface area contributed by atoms with Crippen molar-refractivity contribution in [3.8, 4) is 0 Å². The van der Waals surface area contributed by atoms with Gasteiger partial charge in [0, 0.05) is 12.8 Å². The number of carbonyl (C=O) groups is 2. The van der Waals surface area contributed by atoms with Gasteiger partial charge < -0.3 is 11.5 Å². The van der Waals surface area contributed by atoms with E-state index in [-0.39, 0.29) is 34.2 Å². The zero-order chi connectivity index (χ0) is 13.5. The molecule has 0 amide bonds. The Balaban J connectivity index is 2.40. The van der Waals surface area contributed by atoms with Gasteiger partial charge in [0.2, 0.25) is 0 Å². The van der Waals surface area contributed by atoms with Crippen molar-refractivity contribution in [1.29, 1.82) is 0 Å². The van der Waals surface area contributed by atoms with Crippen LogP contribution in [-0.2, 0) is 9.59 Å². The van der Waals surface area contributed by atoms with Crippen molar-refractivity contribution in [1.82, 2.24) is 10.2 Å². The van der Waals surface area contributed by atoms with Crippen LogP contribution in [-0.4, -0.2) is 21.8 Å². The van der Waals surface area contributed by atoms with Crippen molar-refractivity contribution in [2.45, 2.75) is 26.7 Å². The maximum Gasteiger partial charge on any atom is 0.167 e. The van der Waals surface area contributed by atoms with Gasteiger partial charge >= 0.3 is 0 Å². The summed E-state index contributed by atoms with van der Waals surface area (Å²) >= 11 is 0. The van der Waals surface area contributed by atoms with E-state index in [2.05, 4.69) is 10.2 Å². The van der Waals surface area contributed by atoms with Crippen molar-refractivity contribution in [3.63, 3.8) is 0 Å². The second-order valence-electron chi connectivity index (χ2n) is 5.36. The van der Waals surface area contributed by atoms with E-state index in [1.807, 2.05) is 13.8 Å². The lowest BCUT2D eigenvalue weighted by Gasteiger charge is -2.28. The van der Waals surface area contributed by atoms with Gasteiger partial charge in [0.05, 0.1) is 11.1 Å². The highest BCUT2D eigenvalue weighted by Gasteiger charge is 2.35. The highest BCUT2D eigenvalue weighted by molar-refractivity contribution is 6.25. The summed E-state index contributed by atoms with van der Waals surface area (Å²) in [4.78, 5) is 23.9. The first kappa shape index (κ1) is 12.3. The van der Waals surface area contributed by atoms with Crippen LogP contribution in [0.25, 0.3) is 6.08 Å². The van der Waals surface area contributed by atoms with Crippen molar-refractivity contribution in [3.05, 3.63) is 11.1 Å². The van der Waals surface area contributed by atoms with Crippen LogP contribution in [0, 0.1) is 5.41 Å². The maximum atomic E-state index is 12.0. The summed E-state index contributed by atoms with van der Waals surface area (Å²) in [6, 6.07) is 0. The minimum absolute atomic E-state index is 0.161. The molecule has 18 heavy (non-hydrogen) atoms. The summed E-state index contributed by atoms with van der Waals surface area (Å²) in [5, 5.41) is 6.23. The quantitative estimate of drug-likeness (QED) is 0.505. The molecular formula is C12H16N4O2. The largest absolute Gasteiger partial charge is 0.384 e. The number of H-pyrrole nitrogens is 1. The predicted molar refractivity (Wildman–Crippen MR) is 68.4 cm³/mol. The van der Waals surface area contributed by atoms with Crippen LogP contribution in [0.2, 0.25) is 0 Å². The number of nitrogens with two attached hydrogens (primary N) is 2. The molecule has 96 valence electrons. The molecule has 6 heteroatoms. The molecule has 0 radical (unpaired) electrons. The molecule has 0 aromatic carbocycles. The van der Waals surface area contributed by atoms with Gasteiger partial charge in [0.1, 0.15) is 5.82 Å². The molecule has 6 nitrogen and oxygen atoms in total. The van der Waals surface area contributed by atoms with Gasteiger partial charge in [-0.1, -0.05) is 13.8 Å². The normalized spacial score (nSPS) is 19.1. The summed E-state index contributed by atoms with van der Waals surface area (Å²) < 4.78 is 0. The number of carbonyl (C=O) groups excluding carboxylic acids is 2. The number of nitrogen functional groups attached to an aromatic ring is 2. The topological polar surface area (TPSA) is 115 Å². The number of ketones is 2. The highest BCUT2D eigenvalue weighted by atomic mass is 16.1. The number of rotatable bonds is 1. The number of hydrogen-bond acceptors (Lipinski definition) is 5. The summed E-state index contributed by atoms with van der Waals surface area (Å²) in [5.74, 6) is 0.100. The Labute approximate surface area is 104 Å². The van der Waals surface area contributed by atoms with Crippen molar-refractivity contribution in [2.24, 2.45) is 5.41 Å². The molecule has 0 unspecified atom stereocenters. The minimum atomic E-state index is -0.279. The van der Waals surface area contributed by atoms with E-state index in [9.17, 15) is 9.59 Å². The number of Topliss-reactive ketones (excluding diaryl/α,β-unsaturated/α-hetero) is 2. The smallest absolute Gasteiger partial charge is 0.167 e. The number of hydrogen-bond donors (Lipinski definition) is 3. The van der Waals surface area contributed by atoms with Crippen LogP contribution < -0.4 is 11.5 Å². The zero-order valence-corrected chi connectivity index (χ0v) is 10.4. The molecule has 1 aliphatic rings. The van der Waals surface area contributed by atoms with Crippen LogP contribution >= 0.6 is 0 Å². The fourth-order valence-corrected chi connectivity index (χ4v) is 2.11. The van der Waals surface area contributed by atoms with E-state index in [4.69, 9.17) is 11.5 Å². The highest BCUT2D eigenvalue weighted by Crippen LogP contribution is 2.35. The van der Waals surface area contributed by atoms with Crippen LogP contribution in [0.1, 0.15) is 32.3 Å². The molecule has 5 N–H and O–H groups in total. The molecule has 1 aromatic rings.